The minimum absolute atomic E-state index is 0.302. The van der Waals surface area contributed by atoms with Gasteiger partial charge in [-0.3, -0.25) is 9.59 Å². The van der Waals surface area contributed by atoms with Crippen LogP contribution in [-0.2, 0) is 9.59 Å². The zero-order chi connectivity index (χ0) is 20.5. The molecule has 0 radical (unpaired) electrons. The summed E-state index contributed by atoms with van der Waals surface area (Å²) in [7, 11) is 0. The number of nitrogens with zero attached hydrogens (tertiary/aromatic N) is 1. The SMILES string of the molecule is CCCOc1ccc(Cl)cc1C=NNC(=O)CC(=O)Nc1ccc(Cl)c(Cl)c1. The quantitative estimate of drug-likeness (QED) is 0.346. The summed E-state index contributed by atoms with van der Waals surface area (Å²) in [5, 5.41) is 7.60. The Morgan fingerprint density at radius 2 is 1.86 bits per heavy atom. The Labute approximate surface area is 177 Å². The van der Waals surface area contributed by atoms with Gasteiger partial charge in [-0.25, -0.2) is 5.43 Å². The zero-order valence-corrected chi connectivity index (χ0v) is 17.2. The number of carbonyl (C=O) groups is 2. The fourth-order valence-electron chi connectivity index (χ4n) is 2.10. The Balaban J connectivity index is 1.90. The average molecular weight is 443 g/mol. The fourth-order valence-corrected chi connectivity index (χ4v) is 2.58. The molecule has 0 saturated carbocycles. The first-order valence-corrected chi connectivity index (χ1v) is 9.51. The van der Waals surface area contributed by atoms with Gasteiger partial charge in [0.05, 0.1) is 22.9 Å². The Hall–Kier alpha value is -2.28. The van der Waals surface area contributed by atoms with Crippen molar-refractivity contribution in [3.63, 3.8) is 0 Å². The van der Waals surface area contributed by atoms with Crippen LogP contribution in [0.4, 0.5) is 5.69 Å². The highest BCUT2D eigenvalue weighted by molar-refractivity contribution is 6.42. The lowest BCUT2D eigenvalue weighted by molar-refractivity contribution is -0.126. The minimum atomic E-state index is -0.577. The van der Waals surface area contributed by atoms with E-state index in [-0.39, 0.29) is 0 Å². The monoisotopic (exact) mass is 441 g/mol. The number of hydrogen-bond donors (Lipinski definition) is 2. The van der Waals surface area contributed by atoms with Crippen LogP contribution in [0.5, 0.6) is 5.75 Å². The van der Waals surface area contributed by atoms with E-state index in [1.54, 1.807) is 30.3 Å². The Bertz CT molecular complexity index is 888. The third kappa shape index (κ3) is 7.03. The van der Waals surface area contributed by atoms with Gasteiger partial charge in [-0.2, -0.15) is 5.10 Å². The van der Waals surface area contributed by atoms with Gasteiger partial charge in [0.1, 0.15) is 12.2 Å². The molecule has 0 saturated heterocycles. The topological polar surface area (TPSA) is 79.8 Å². The molecular weight excluding hydrogens is 425 g/mol. The van der Waals surface area contributed by atoms with Crippen molar-refractivity contribution in [2.45, 2.75) is 19.8 Å². The molecule has 0 bridgehead atoms. The van der Waals surface area contributed by atoms with Crippen molar-refractivity contribution in [1.82, 2.24) is 5.43 Å². The molecule has 0 aliphatic carbocycles. The number of rotatable bonds is 8. The van der Waals surface area contributed by atoms with Crippen molar-refractivity contribution in [3.8, 4) is 5.75 Å². The molecule has 6 nitrogen and oxygen atoms in total. The maximum Gasteiger partial charge on any atom is 0.249 e. The van der Waals surface area contributed by atoms with E-state index in [9.17, 15) is 9.59 Å². The molecule has 0 spiro atoms. The lowest BCUT2D eigenvalue weighted by Crippen LogP contribution is -2.24. The third-order valence-corrected chi connectivity index (χ3v) is 4.33. The van der Waals surface area contributed by atoms with Gasteiger partial charge < -0.3 is 10.1 Å². The van der Waals surface area contributed by atoms with E-state index in [0.29, 0.717) is 38.7 Å². The van der Waals surface area contributed by atoms with Gasteiger partial charge in [0, 0.05) is 16.3 Å². The summed E-state index contributed by atoms with van der Waals surface area (Å²) in [5.41, 5.74) is 3.34. The van der Waals surface area contributed by atoms with Crippen LogP contribution in [0.2, 0.25) is 15.1 Å². The largest absolute Gasteiger partial charge is 0.493 e. The van der Waals surface area contributed by atoms with Gasteiger partial charge in [-0.1, -0.05) is 41.7 Å². The third-order valence-electron chi connectivity index (χ3n) is 3.35. The molecule has 0 heterocycles. The molecule has 2 rings (SSSR count). The first-order valence-electron chi connectivity index (χ1n) is 8.38. The average Bonchev–Trinajstić information content (AvgIpc) is 2.64. The summed E-state index contributed by atoms with van der Waals surface area (Å²) in [5.74, 6) is -0.491. The lowest BCUT2D eigenvalue weighted by Gasteiger charge is -2.08. The van der Waals surface area contributed by atoms with Gasteiger partial charge in [-0.15, -0.1) is 0 Å². The number of anilines is 1. The second-order valence-electron chi connectivity index (χ2n) is 5.68. The molecule has 9 heteroatoms. The molecule has 2 amide bonds. The predicted molar refractivity (Wildman–Crippen MR) is 113 cm³/mol. The zero-order valence-electron chi connectivity index (χ0n) is 15.0. The molecule has 0 aliphatic rings. The number of halogens is 3. The number of nitrogens with one attached hydrogen (secondary N) is 2. The van der Waals surface area contributed by atoms with Crippen LogP contribution in [0.3, 0.4) is 0 Å². The summed E-state index contributed by atoms with van der Waals surface area (Å²) in [6.45, 7) is 2.54. The van der Waals surface area contributed by atoms with Crippen molar-refractivity contribution in [1.29, 1.82) is 0 Å². The van der Waals surface area contributed by atoms with Crippen molar-refractivity contribution in [3.05, 3.63) is 57.0 Å². The minimum Gasteiger partial charge on any atom is -0.493 e. The molecule has 2 N–H and O–H groups in total. The van der Waals surface area contributed by atoms with Gasteiger partial charge in [0.15, 0.2) is 0 Å². The van der Waals surface area contributed by atoms with Crippen molar-refractivity contribution < 1.29 is 14.3 Å². The number of ether oxygens (including phenoxy) is 1. The normalized spacial score (nSPS) is 10.7. The number of benzene rings is 2. The maximum absolute atomic E-state index is 11.9. The van der Waals surface area contributed by atoms with Crippen LogP contribution in [0.15, 0.2) is 41.5 Å². The maximum atomic E-state index is 11.9. The van der Waals surface area contributed by atoms with E-state index in [4.69, 9.17) is 39.5 Å². The molecule has 2 aromatic carbocycles. The standard InChI is InChI=1S/C19H18Cl3N3O3/c1-2-7-28-17-6-3-13(20)8-12(17)11-23-25-19(27)10-18(26)24-14-4-5-15(21)16(22)9-14/h3-6,8-9,11H,2,7,10H2,1H3,(H,24,26)(H,25,27). The van der Waals surface area contributed by atoms with Gasteiger partial charge in [0.25, 0.3) is 0 Å². The Morgan fingerprint density at radius 1 is 1.07 bits per heavy atom. The molecule has 148 valence electrons. The highest BCUT2D eigenvalue weighted by Gasteiger charge is 2.10. The smallest absolute Gasteiger partial charge is 0.249 e. The second kappa shape index (κ2) is 10.9. The Morgan fingerprint density at radius 3 is 2.57 bits per heavy atom. The van der Waals surface area contributed by atoms with E-state index < -0.39 is 18.2 Å². The van der Waals surface area contributed by atoms with Crippen molar-refractivity contribution in [2.24, 2.45) is 5.10 Å². The van der Waals surface area contributed by atoms with E-state index in [2.05, 4.69) is 15.8 Å². The second-order valence-corrected chi connectivity index (χ2v) is 6.93. The fraction of sp³-hybridized carbons (Fsp3) is 0.211. The van der Waals surface area contributed by atoms with Crippen LogP contribution >= 0.6 is 34.8 Å². The lowest BCUT2D eigenvalue weighted by atomic mass is 10.2. The van der Waals surface area contributed by atoms with Gasteiger partial charge >= 0.3 is 0 Å². The molecule has 0 atom stereocenters. The highest BCUT2D eigenvalue weighted by Crippen LogP contribution is 2.25. The molecule has 28 heavy (non-hydrogen) atoms. The summed E-state index contributed by atoms with van der Waals surface area (Å²) in [6, 6.07) is 9.72. The number of amides is 2. The first kappa shape index (κ1) is 22.0. The summed E-state index contributed by atoms with van der Waals surface area (Å²) < 4.78 is 5.60. The highest BCUT2D eigenvalue weighted by atomic mass is 35.5. The predicted octanol–water partition coefficient (Wildman–Crippen LogP) is 4.91. The van der Waals surface area contributed by atoms with Crippen LogP contribution in [0.25, 0.3) is 0 Å². The van der Waals surface area contributed by atoms with Gasteiger partial charge in [0.2, 0.25) is 11.8 Å². The summed E-state index contributed by atoms with van der Waals surface area (Å²) in [4.78, 5) is 23.8. The molecule has 0 aliphatic heterocycles. The van der Waals surface area contributed by atoms with E-state index in [1.807, 2.05) is 6.92 Å². The number of hydrazone groups is 1. The van der Waals surface area contributed by atoms with Crippen LogP contribution in [0, 0.1) is 0 Å². The summed E-state index contributed by atoms with van der Waals surface area (Å²) >= 11 is 17.7. The number of carbonyl (C=O) groups excluding carboxylic acids is 2. The van der Waals surface area contributed by atoms with Gasteiger partial charge in [-0.05, 0) is 42.8 Å². The van der Waals surface area contributed by atoms with E-state index >= 15 is 0 Å². The molecule has 0 unspecified atom stereocenters. The molecular formula is C19H18Cl3N3O3. The van der Waals surface area contributed by atoms with Crippen LogP contribution < -0.4 is 15.5 Å². The van der Waals surface area contributed by atoms with E-state index in [0.717, 1.165) is 6.42 Å². The summed E-state index contributed by atoms with van der Waals surface area (Å²) in [6.07, 6.45) is 1.85. The first-order chi connectivity index (χ1) is 13.4. The Kier molecular flexibility index (Phi) is 8.57. The number of hydrogen-bond acceptors (Lipinski definition) is 4. The molecule has 0 fully saturated rings. The van der Waals surface area contributed by atoms with Crippen molar-refractivity contribution in [2.75, 3.05) is 11.9 Å². The van der Waals surface area contributed by atoms with Crippen molar-refractivity contribution >= 4 is 58.5 Å². The van der Waals surface area contributed by atoms with Crippen LogP contribution in [-0.4, -0.2) is 24.6 Å². The molecule has 0 aromatic heterocycles. The molecule has 2 aromatic rings. The van der Waals surface area contributed by atoms with E-state index in [1.165, 1.54) is 12.3 Å². The van der Waals surface area contributed by atoms with Crippen LogP contribution in [0.1, 0.15) is 25.3 Å².